The fourth-order valence-electron chi connectivity index (χ4n) is 1.96. The van der Waals surface area contributed by atoms with Gasteiger partial charge >= 0.3 is 5.97 Å². The van der Waals surface area contributed by atoms with Crippen LogP contribution in [-0.2, 0) is 4.79 Å². The minimum Gasteiger partial charge on any atom is -0.480 e. The van der Waals surface area contributed by atoms with E-state index in [1.54, 1.807) is 6.92 Å². The maximum atomic E-state index is 10.8. The molecule has 0 saturated carbocycles. The first-order valence-corrected chi connectivity index (χ1v) is 5.21. The average molecular weight is 201 g/mol. The molecule has 1 fully saturated rings. The third-order valence-electron chi connectivity index (χ3n) is 3.15. The van der Waals surface area contributed by atoms with E-state index in [0.717, 1.165) is 6.42 Å². The number of hydrogen-bond acceptors (Lipinski definition) is 3. The van der Waals surface area contributed by atoms with Crippen LogP contribution in [-0.4, -0.2) is 46.3 Å². The van der Waals surface area contributed by atoms with Gasteiger partial charge in [-0.3, -0.25) is 9.69 Å². The molecule has 3 unspecified atom stereocenters. The van der Waals surface area contributed by atoms with Crippen molar-refractivity contribution in [3.8, 4) is 0 Å². The Balaban J connectivity index is 2.54. The van der Waals surface area contributed by atoms with Crippen LogP contribution in [0.4, 0.5) is 0 Å². The Morgan fingerprint density at radius 2 is 2.29 bits per heavy atom. The van der Waals surface area contributed by atoms with Gasteiger partial charge in [-0.15, -0.1) is 0 Å². The quantitative estimate of drug-likeness (QED) is 0.700. The molecule has 1 aliphatic heterocycles. The van der Waals surface area contributed by atoms with Gasteiger partial charge in [-0.25, -0.2) is 0 Å². The van der Waals surface area contributed by atoms with E-state index >= 15 is 0 Å². The van der Waals surface area contributed by atoms with Crippen molar-refractivity contribution in [2.24, 2.45) is 5.92 Å². The summed E-state index contributed by atoms with van der Waals surface area (Å²) in [5, 5.41) is 18.5. The molecule has 0 amide bonds. The molecule has 0 bridgehead atoms. The molecule has 3 atom stereocenters. The van der Waals surface area contributed by atoms with E-state index in [-0.39, 0.29) is 12.0 Å². The first kappa shape index (κ1) is 11.5. The molecule has 0 radical (unpaired) electrons. The number of piperidine rings is 1. The Bertz CT molecular complexity index is 208. The largest absolute Gasteiger partial charge is 0.480 e. The van der Waals surface area contributed by atoms with Gasteiger partial charge in [-0.2, -0.15) is 0 Å². The van der Waals surface area contributed by atoms with Gasteiger partial charge in [0, 0.05) is 13.1 Å². The molecule has 0 aromatic carbocycles. The SMILES string of the molecule is CCC1CN(C(C)C(=O)O)CCC1O. The van der Waals surface area contributed by atoms with E-state index in [1.807, 2.05) is 11.8 Å². The number of carboxylic acids is 1. The van der Waals surface area contributed by atoms with Crippen molar-refractivity contribution in [1.82, 2.24) is 4.90 Å². The minimum atomic E-state index is -0.781. The second-order valence-corrected chi connectivity index (χ2v) is 4.03. The van der Waals surface area contributed by atoms with Gasteiger partial charge in [0.15, 0.2) is 0 Å². The van der Waals surface area contributed by atoms with Crippen molar-refractivity contribution in [2.45, 2.75) is 38.8 Å². The third-order valence-corrected chi connectivity index (χ3v) is 3.15. The first-order chi connectivity index (χ1) is 6.56. The zero-order valence-electron chi connectivity index (χ0n) is 8.81. The molecule has 0 spiro atoms. The van der Waals surface area contributed by atoms with Gasteiger partial charge in [0.2, 0.25) is 0 Å². The topological polar surface area (TPSA) is 60.8 Å². The van der Waals surface area contributed by atoms with Crippen molar-refractivity contribution in [1.29, 1.82) is 0 Å². The highest BCUT2D eigenvalue weighted by Crippen LogP contribution is 2.21. The van der Waals surface area contributed by atoms with E-state index in [0.29, 0.717) is 19.5 Å². The highest BCUT2D eigenvalue weighted by atomic mass is 16.4. The summed E-state index contributed by atoms with van der Waals surface area (Å²) in [7, 11) is 0. The summed E-state index contributed by atoms with van der Waals surface area (Å²) < 4.78 is 0. The predicted octanol–water partition coefficient (Wildman–Crippen LogP) is 0.552. The molecule has 1 aliphatic rings. The molecule has 1 heterocycles. The summed E-state index contributed by atoms with van der Waals surface area (Å²) in [4.78, 5) is 12.7. The van der Waals surface area contributed by atoms with Crippen LogP contribution in [0.3, 0.4) is 0 Å². The number of carboxylic acid groups (broad SMARTS) is 1. The number of hydrogen-bond donors (Lipinski definition) is 2. The standard InChI is InChI=1S/C10H19NO3/c1-3-8-6-11(5-4-9(8)12)7(2)10(13)14/h7-9,12H,3-6H2,1-2H3,(H,13,14). The molecule has 2 N–H and O–H groups in total. The monoisotopic (exact) mass is 201 g/mol. The highest BCUT2D eigenvalue weighted by Gasteiger charge is 2.30. The molecular weight excluding hydrogens is 182 g/mol. The van der Waals surface area contributed by atoms with E-state index in [1.165, 1.54) is 0 Å². The van der Waals surface area contributed by atoms with Crippen LogP contribution >= 0.6 is 0 Å². The van der Waals surface area contributed by atoms with Crippen molar-refractivity contribution in [2.75, 3.05) is 13.1 Å². The summed E-state index contributed by atoms with van der Waals surface area (Å²) in [6.07, 6.45) is 1.34. The minimum absolute atomic E-state index is 0.227. The van der Waals surface area contributed by atoms with Crippen molar-refractivity contribution >= 4 is 5.97 Å². The third kappa shape index (κ3) is 2.45. The number of carbonyl (C=O) groups is 1. The Hall–Kier alpha value is -0.610. The fraction of sp³-hybridized carbons (Fsp3) is 0.900. The first-order valence-electron chi connectivity index (χ1n) is 5.21. The molecule has 4 nitrogen and oxygen atoms in total. The molecule has 14 heavy (non-hydrogen) atoms. The molecule has 0 aromatic rings. The second-order valence-electron chi connectivity index (χ2n) is 4.03. The van der Waals surface area contributed by atoms with Crippen LogP contribution in [0.2, 0.25) is 0 Å². The van der Waals surface area contributed by atoms with Crippen LogP contribution in [0.15, 0.2) is 0 Å². The maximum absolute atomic E-state index is 10.8. The molecule has 0 aromatic heterocycles. The number of aliphatic hydroxyl groups excluding tert-OH is 1. The van der Waals surface area contributed by atoms with Gasteiger partial charge in [0.1, 0.15) is 6.04 Å². The zero-order chi connectivity index (χ0) is 10.7. The molecule has 4 heteroatoms. The van der Waals surface area contributed by atoms with Gasteiger partial charge in [-0.1, -0.05) is 6.92 Å². The summed E-state index contributed by atoms with van der Waals surface area (Å²) in [5.41, 5.74) is 0. The lowest BCUT2D eigenvalue weighted by Gasteiger charge is -2.37. The van der Waals surface area contributed by atoms with E-state index < -0.39 is 12.0 Å². The summed E-state index contributed by atoms with van der Waals surface area (Å²) in [6, 6.07) is -0.434. The molecule has 0 aliphatic carbocycles. The van der Waals surface area contributed by atoms with Crippen LogP contribution in [0.25, 0.3) is 0 Å². The second kappa shape index (κ2) is 4.75. The Kier molecular flexibility index (Phi) is 3.89. The molecule has 1 saturated heterocycles. The summed E-state index contributed by atoms with van der Waals surface area (Å²) >= 11 is 0. The van der Waals surface area contributed by atoms with Crippen LogP contribution in [0.1, 0.15) is 26.7 Å². The number of nitrogens with zero attached hydrogens (tertiary/aromatic N) is 1. The highest BCUT2D eigenvalue weighted by molar-refractivity contribution is 5.72. The van der Waals surface area contributed by atoms with Crippen LogP contribution in [0, 0.1) is 5.92 Å². The van der Waals surface area contributed by atoms with Crippen molar-refractivity contribution in [3.63, 3.8) is 0 Å². The number of aliphatic hydroxyl groups is 1. The van der Waals surface area contributed by atoms with Gasteiger partial charge in [0.25, 0.3) is 0 Å². The summed E-state index contributed by atoms with van der Waals surface area (Å²) in [5.74, 6) is -0.554. The van der Waals surface area contributed by atoms with Gasteiger partial charge < -0.3 is 10.2 Å². The Labute approximate surface area is 84.5 Å². The normalized spacial score (nSPS) is 31.4. The van der Waals surface area contributed by atoms with Gasteiger partial charge in [-0.05, 0) is 25.7 Å². The zero-order valence-corrected chi connectivity index (χ0v) is 8.81. The lowest BCUT2D eigenvalue weighted by molar-refractivity contribution is -0.144. The lowest BCUT2D eigenvalue weighted by Crippen LogP contribution is -2.49. The Morgan fingerprint density at radius 3 is 2.79 bits per heavy atom. The molecular formula is C10H19NO3. The fourth-order valence-corrected chi connectivity index (χ4v) is 1.96. The van der Waals surface area contributed by atoms with E-state index in [4.69, 9.17) is 5.11 Å². The van der Waals surface area contributed by atoms with Crippen molar-refractivity contribution < 1.29 is 15.0 Å². The number of likely N-dealkylation sites (tertiary alicyclic amines) is 1. The smallest absolute Gasteiger partial charge is 0.320 e. The Morgan fingerprint density at radius 1 is 1.64 bits per heavy atom. The van der Waals surface area contributed by atoms with Crippen molar-refractivity contribution in [3.05, 3.63) is 0 Å². The van der Waals surface area contributed by atoms with Crippen LogP contribution < -0.4 is 0 Å². The molecule has 1 rings (SSSR count). The number of aliphatic carboxylic acids is 1. The lowest BCUT2D eigenvalue weighted by atomic mass is 9.91. The summed E-state index contributed by atoms with van der Waals surface area (Å²) in [6.45, 7) is 5.12. The number of rotatable bonds is 3. The van der Waals surface area contributed by atoms with Gasteiger partial charge in [0.05, 0.1) is 6.10 Å². The maximum Gasteiger partial charge on any atom is 0.320 e. The molecule has 82 valence electrons. The van der Waals surface area contributed by atoms with E-state index in [2.05, 4.69) is 0 Å². The van der Waals surface area contributed by atoms with E-state index in [9.17, 15) is 9.90 Å². The average Bonchev–Trinajstić information content (AvgIpc) is 2.17. The van der Waals surface area contributed by atoms with Crippen LogP contribution in [0.5, 0.6) is 0 Å². The predicted molar refractivity (Wildman–Crippen MR) is 53.1 cm³/mol.